The summed E-state index contributed by atoms with van der Waals surface area (Å²) >= 11 is 0. The second-order valence-corrected chi connectivity index (χ2v) is 11.7. The first-order valence-corrected chi connectivity index (χ1v) is 14.1. The predicted octanol–water partition coefficient (Wildman–Crippen LogP) is 4.32. The zero-order valence-electron chi connectivity index (χ0n) is 22.0. The number of sulfonamides is 1. The van der Waals surface area contributed by atoms with Crippen LogP contribution in [0.4, 0.5) is 18.9 Å². The number of likely N-dealkylation sites (tertiary alicyclic amines) is 1. The van der Waals surface area contributed by atoms with Crippen molar-refractivity contribution in [2.45, 2.75) is 35.9 Å². The number of aliphatic carboxylic acids is 1. The number of rotatable bonds is 4. The SMILES string of the molecule is CN1CCC(N(C)C(=O)C2CN(S(=O)(=O)c3cccc4ccccc34)c3ccccc32)CC1.O=C(O)C(F)(F)F. The first-order chi connectivity index (χ1) is 18.8. The lowest BCUT2D eigenvalue weighted by atomic mass is 9.97. The third-order valence-corrected chi connectivity index (χ3v) is 9.21. The summed E-state index contributed by atoms with van der Waals surface area (Å²) in [7, 11) is 0.115. The standard InChI is InChI=1S/C26H29N3O3S.C2HF3O2/c1-27-16-14-20(15-17-27)28(2)26(30)23-18-29(24-12-6-5-11-22(23)24)33(31,32)25-13-7-9-19-8-3-4-10-21(19)25;3-2(4,5)1(6)7/h3-13,20,23H,14-18H2,1-2H3;(H,6,7). The van der Waals surface area contributed by atoms with Gasteiger partial charge in [-0.15, -0.1) is 0 Å². The molecular formula is C28H30F3N3O5S. The Bertz CT molecular complexity index is 1500. The molecule has 1 unspecified atom stereocenters. The second kappa shape index (κ2) is 11.5. The van der Waals surface area contributed by atoms with Gasteiger partial charge in [0.05, 0.1) is 23.0 Å². The topological polar surface area (TPSA) is 98.2 Å². The van der Waals surface area contributed by atoms with Gasteiger partial charge in [0.25, 0.3) is 10.0 Å². The zero-order chi connectivity index (χ0) is 29.2. The molecule has 214 valence electrons. The number of hydrogen-bond donors (Lipinski definition) is 1. The smallest absolute Gasteiger partial charge is 0.475 e. The van der Waals surface area contributed by atoms with Gasteiger partial charge in [-0.2, -0.15) is 13.2 Å². The quantitative estimate of drug-likeness (QED) is 0.496. The molecule has 1 N–H and O–H groups in total. The number of piperidine rings is 1. The molecule has 1 fully saturated rings. The number of carboxylic acids is 1. The molecule has 1 amide bonds. The number of carbonyl (C=O) groups excluding carboxylic acids is 1. The highest BCUT2D eigenvalue weighted by Gasteiger charge is 2.42. The normalized spacial score (nSPS) is 18.1. The van der Waals surface area contributed by atoms with Crippen molar-refractivity contribution < 1.29 is 36.3 Å². The number of nitrogens with zero attached hydrogens (tertiary/aromatic N) is 3. The number of para-hydroxylation sites is 1. The molecule has 40 heavy (non-hydrogen) atoms. The molecule has 0 spiro atoms. The second-order valence-electron chi connectivity index (χ2n) is 9.91. The van der Waals surface area contributed by atoms with E-state index in [1.54, 1.807) is 18.2 Å². The van der Waals surface area contributed by atoms with Gasteiger partial charge >= 0.3 is 12.1 Å². The summed E-state index contributed by atoms with van der Waals surface area (Å²) in [4.78, 5) is 26.9. The summed E-state index contributed by atoms with van der Waals surface area (Å²) in [6.07, 6.45) is -3.21. The van der Waals surface area contributed by atoms with E-state index >= 15 is 0 Å². The van der Waals surface area contributed by atoms with Gasteiger partial charge in [0, 0.05) is 18.5 Å². The lowest BCUT2D eigenvalue weighted by Crippen LogP contribution is -2.46. The van der Waals surface area contributed by atoms with Gasteiger partial charge in [0.15, 0.2) is 0 Å². The van der Waals surface area contributed by atoms with Crippen molar-refractivity contribution in [3.8, 4) is 0 Å². The first-order valence-electron chi connectivity index (χ1n) is 12.7. The van der Waals surface area contributed by atoms with Gasteiger partial charge in [-0.3, -0.25) is 9.10 Å². The Hall–Kier alpha value is -3.64. The largest absolute Gasteiger partial charge is 0.490 e. The van der Waals surface area contributed by atoms with E-state index in [4.69, 9.17) is 9.90 Å². The van der Waals surface area contributed by atoms with Crippen LogP contribution in [0.1, 0.15) is 24.3 Å². The molecule has 1 saturated heterocycles. The molecule has 0 aliphatic carbocycles. The van der Waals surface area contributed by atoms with Crippen LogP contribution in [0, 0.1) is 0 Å². The van der Waals surface area contributed by atoms with Gasteiger partial charge in [0.1, 0.15) is 0 Å². The van der Waals surface area contributed by atoms with E-state index in [1.807, 2.05) is 60.5 Å². The van der Waals surface area contributed by atoms with E-state index in [0.717, 1.165) is 36.9 Å². The van der Waals surface area contributed by atoms with Crippen LogP contribution >= 0.6 is 0 Å². The number of fused-ring (bicyclic) bond motifs is 2. The average molecular weight is 578 g/mol. The van der Waals surface area contributed by atoms with Gasteiger partial charge in [0.2, 0.25) is 5.91 Å². The van der Waals surface area contributed by atoms with E-state index in [0.29, 0.717) is 11.1 Å². The molecule has 2 aliphatic rings. The Morgan fingerprint density at radius 3 is 2.17 bits per heavy atom. The van der Waals surface area contributed by atoms with E-state index in [2.05, 4.69) is 11.9 Å². The van der Waals surface area contributed by atoms with Crippen molar-refractivity contribution in [3.63, 3.8) is 0 Å². The lowest BCUT2D eigenvalue weighted by molar-refractivity contribution is -0.192. The van der Waals surface area contributed by atoms with Crippen LogP contribution in [-0.2, 0) is 19.6 Å². The van der Waals surface area contributed by atoms with Crippen molar-refractivity contribution in [2.75, 3.05) is 38.0 Å². The van der Waals surface area contributed by atoms with Crippen LogP contribution in [0.5, 0.6) is 0 Å². The van der Waals surface area contributed by atoms with Crippen LogP contribution in [0.15, 0.2) is 71.6 Å². The molecule has 3 aromatic rings. The molecule has 0 aromatic heterocycles. The minimum atomic E-state index is -5.08. The maximum Gasteiger partial charge on any atom is 0.490 e. The summed E-state index contributed by atoms with van der Waals surface area (Å²) in [5, 5.41) is 8.69. The molecule has 12 heteroatoms. The van der Waals surface area contributed by atoms with Crippen LogP contribution in [0.3, 0.4) is 0 Å². The first kappa shape index (κ1) is 29.3. The molecule has 3 aromatic carbocycles. The average Bonchev–Trinajstić information content (AvgIpc) is 3.33. The summed E-state index contributed by atoms with van der Waals surface area (Å²) < 4.78 is 60.9. The number of carboxylic acid groups (broad SMARTS) is 1. The van der Waals surface area contributed by atoms with Crippen LogP contribution in [0.25, 0.3) is 10.8 Å². The van der Waals surface area contributed by atoms with Crippen LogP contribution < -0.4 is 4.31 Å². The third kappa shape index (κ3) is 5.92. The highest BCUT2D eigenvalue weighted by atomic mass is 32.2. The monoisotopic (exact) mass is 577 g/mol. The Morgan fingerprint density at radius 1 is 0.950 bits per heavy atom. The fourth-order valence-electron chi connectivity index (χ4n) is 5.16. The molecule has 1 atom stereocenters. The number of hydrogen-bond acceptors (Lipinski definition) is 5. The molecule has 0 saturated carbocycles. The summed E-state index contributed by atoms with van der Waals surface area (Å²) in [6.45, 7) is 2.05. The Balaban J connectivity index is 0.000000470. The molecule has 5 rings (SSSR count). The van der Waals surface area contributed by atoms with Gasteiger partial charge in [-0.05, 0) is 56.1 Å². The minimum absolute atomic E-state index is 0.00683. The minimum Gasteiger partial charge on any atom is -0.475 e. The van der Waals surface area contributed by atoms with Crippen LogP contribution in [-0.4, -0.2) is 81.1 Å². The fourth-order valence-corrected chi connectivity index (χ4v) is 6.88. The Labute approximate surface area is 230 Å². The van der Waals surface area contributed by atoms with Crippen molar-refractivity contribution in [2.24, 2.45) is 0 Å². The van der Waals surface area contributed by atoms with E-state index in [9.17, 15) is 26.4 Å². The van der Waals surface area contributed by atoms with E-state index in [1.165, 1.54) is 4.31 Å². The van der Waals surface area contributed by atoms with Gasteiger partial charge in [-0.1, -0.05) is 54.6 Å². The Kier molecular flexibility index (Phi) is 8.41. The molecule has 2 heterocycles. The van der Waals surface area contributed by atoms with Gasteiger partial charge < -0.3 is 14.9 Å². The number of likely N-dealkylation sites (N-methyl/N-ethyl adjacent to an activating group) is 1. The summed E-state index contributed by atoms with van der Waals surface area (Å²) in [5.41, 5.74) is 1.38. The van der Waals surface area contributed by atoms with Crippen molar-refractivity contribution >= 4 is 38.4 Å². The molecule has 0 radical (unpaired) electrons. The van der Waals surface area contributed by atoms with Crippen LogP contribution in [0.2, 0.25) is 0 Å². The summed E-state index contributed by atoms with van der Waals surface area (Å²) in [6, 6.07) is 20.4. The lowest BCUT2D eigenvalue weighted by Gasteiger charge is -2.36. The molecule has 0 bridgehead atoms. The van der Waals surface area contributed by atoms with Gasteiger partial charge in [-0.25, -0.2) is 13.2 Å². The Morgan fingerprint density at radius 2 is 1.52 bits per heavy atom. The number of amides is 1. The number of carbonyl (C=O) groups is 2. The van der Waals surface area contributed by atoms with E-state index in [-0.39, 0.29) is 23.4 Å². The highest BCUT2D eigenvalue weighted by Crippen LogP contribution is 2.41. The molecule has 2 aliphatic heterocycles. The maximum absolute atomic E-state index is 13.9. The highest BCUT2D eigenvalue weighted by molar-refractivity contribution is 7.93. The zero-order valence-corrected chi connectivity index (χ0v) is 22.8. The number of halogens is 3. The number of anilines is 1. The predicted molar refractivity (Wildman–Crippen MR) is 145 cm³/mol. The van der Waals surface area contributed by atoms with E-state index < -0.39 is 28.1 Å². The summed E-state index contributed by atoms with van der Waals surface area (Å²) in [5.74, 6) is -3.27. The third-order valence-electron chi connectivity index (χ3n) is 7.37. The van der Waals surface area contributed by atoms with Crippen molar-refractivity contribution in [1.29, 1.82) is 0 Å². The number of alkyl halides is 3. The molecule has 8 nitrogen and oxygen atoms in total. The molecular weight excluding hydrogens is 547 g/mol. The maximum atomic E-state index is 13.9. The van der Waals surface area contributed by atoms with Crippen molar-refractivity contribution in [1.82, 2.24) is 9.80 Å². The van der Waals surface area contributed by atoms with Crippen molar-refractivity contribution in [3.05, 3.63) is 72.3 Å². The fraction of sp³-hybridized carbons (Fsp3) is 0.357. The number of benzene rings is 3.